The fraction of sp³-hybridized carbons (Fsp3) is 0.348. The SMILES string of the molecule is COc1ccccc1S(=O)(=O)CCCOc1cccc2c1CN(C1CCC(=O)NC1=O)C2=O. The predicted molar refractivity (Wildman–Crippen MR) is 118 cm³/mol. The minimum absolute atomic E-state index is 0.121. The van der Waals surface area contributed by atoms with Crippen molar-refractivity contribution in [3.05, 3.63) is 53.6 Å². The number of fused-ring (bicyclic) bond motifs is 1. The Bertz CT molecular complexity index is 1210. The van der Waals surface area contributed by atoms with E-state index in [0.29, 0.717) is 22.6 Å². The molecule has 1 unspecified atom stereocenters. The highest BCUT2D eigenvalue weighted by molar-refractivity contribution is 7.91. The second-order valence-electron chi connectivity index (χ2n) is 7.85. The van der Waals surface area contributed by atoms with Crippen LogP contribution in [0.3, 0.4) is 0 Å². The zero-order valence-corrected chi connectivity index (χ0v) is 18.9. The molecule has 1 saturated heterocycles. The molecule has 0 aliphatic carbocycles. The van der Waals surface area contributed by atoms with Gasteiger partial charge in [-0.25, -0.2) is 8.42 Å². The summed E-state index contributed by atoms with van der Waals surface area (Å²) in [6.07, 6.45) is 0.705. The number of carbonyl (C=O) groups is 3. The van der Waals surface area contributed by atoms with Crippen molar-refractivity contribution in [2.45, 2.75) is 36.7 Å². The highest BCUT2D eigenvalue weighted by Gasteiger charge is 2.40. The number of nitrogens with one attached hydrogen (secondary N) is 1. The van der Waals surface area contributed by atoms with Crippen LogP contribution in [0.1, 0.15) is 35.2 Å². The van der Waals surface area contributed by atoms with Crippen LogP contribution < -0.4 is 14.8 Å². The summed E-state index contributed by atoms with van der Waals surface area (Å²) >= 11 is 0. The molecule has 2 aliphatic rings. The number of hydrogen-bond donors (Lipinski definition) is 1. The molecule has 174 valence electrons. The van der Waals surface area contributed by atoms with Crippen molar-refractivity contribution in [2.75, 3.05) is 19.5 Å². The van der Waals surface area contributed by atoms with Gasteiger partial charge < -0.3 is 14.4 Å². The zero-order valence-electron chi connectivity index (χ0n) is 18.1. The van der Waals surface area contributed by atoms with E-state index >= 15 is 0 Å². The number of carbonyl (C=O) groups excluding carboxylic acids is 3. The second kappa shape index (κ2) is 9.22. The number of para-hydroxylation sites is 1. The molecular weight excluding hydrogens is 448 g/mol. The van der Waals surface area contributed by atoms with Crippen LogP contribution in [-0.2, 0) is 26.0 Å². The molecule has 9 nitrogen and oxygen atoms in total. The molecule has 0 saturated carbocycles. The largest absolute Gasteiger partial charge is 0.495 e. The summed E-state index contributed by atoms with van der Waals surface area (Å²) in [4.78, 5) is 38.1. The van der Waals surface area contributed by atoms with Gasteiger partial charge in [0, 0.05) is 17.5 Å². The number of piperidine rings is 1. The number of hydrogen-bond acceptors (Lipinski definition) is 7. The Hall–Kier alpha value is -3.40. The Balaban J connectivity index is 1.40. The van der Waals surface area contributed by atoms with Crippen molar-refractivity contribution >= 4 is 27.6 Å². The Kier molecular flexibility index (Phi) is 6.37. The van der Waals surface area contributed by atoms with Gasteiger partial charge in [0.1, 0.15) is 22.4 Å². The summed E-state index contributed by atoms with van der Waals surface area (Å²) in [5.41, 5.74) is 1.10. The number of sulfone groups is 1. The van der Waals surface area contributed by atoms with Gasteiger partial charge in [0.15, 0.2) is 9.84 Å². The molecule has 0 spiro atoms. The van der Waals surface area contributed by atoms with Gasteiger partial charge in [0.25, 0.3) is 5.91 Å². The van der Waals surface area contributed by atoms with E-state index in [-0.39, 0.29) is 54.9 Å². The first-order chi connectivity index (χ1) is 15.8. The topological polar surface area (TPSA) is 119 Å². The van der Waals surface area contributed by atoms with Gasteiger partial charge in [-0.2, -0.15) is 0 Å². The van der Waals surface area contributed by atoms with Crippen molar-refractivity contribution in [1.82, 2.24) is 10.2 Å². The van der Waals surface area contributed by atoms with E-state index in [1.54, 1.807) is 36.4 Å². The molecule has 2 heterocycles. The van der Waals surface area contributed by atoms with Gasteiger partial charge in [-0.1, -0.05) is 18.2 Å². The Morgan fingerprint density at radius 2 is 1.82 bits per heavy atom. The first-order valence-corrected chi connectivity index (χ1v) is 12.2. The molecule has 3 amide bonds. The Labute approximate surface area is 191 Å². The molecule has 1 fully saturated rings. The summed E-state index contributed by atoms with van der Waals surface area (Å²) in [5, 5.41) is 2.28. The van der Waals surface area contributed by atoms with E-state index in [9.17, 15) is 22.8 Å². The normalized spacial score (nSPS) is 18.2. The number of ether oxygens (including phenoxy) is 2. The van der Waals surface area contributed by atoms with Crippen molar-refractivity contribution in [1.29, 1.82) is 0 Å². The number of nitrogens with zero attached hydrogens (tertiary/aromatic N) is 1. The molecule has 1 N–H and O–H groups in total. The van der Waals surface area contributed by atoms with E-state index in [1.165, 1.54) is 18.1 Å². The van der Waals surface area contributed by atoms with E-state index in [2.05, 4.69) is 5.32 Å². The van der Waals surface area contributed by atoms with Crippen LogP contribution in [0.2, 0.25) is 0 Å². The maximum absolute atomic E-state index is 12.9. The summed E-state index contributed by atoms with van der Waals surface area (Å²) in [7, 11) is -2.13. The van der Waals surface area contributed by atoms with Crippen LogP contribution in [0.25, 0.3) is 0 Å². The van der Waals surface area contributed by atoms with Crippen LogP contribution in [0.15, 0.2) is 47.4 Å². The second-order valence-corrected chi connectivity index (χ2v) is 9.93. The van der Waals surface area contributed by atoms with Crippen LogP contribution in [0, 0.1) is 0 Å². The van der Waals surface area contributed by atoms with Crippen molar-refractivity contribution < 1.29 is 32.3 Å². The third-order valence-electron chi connectivity index (χ3n) is 5.76. The first-order valence-electron chi connectivity index (χ1n) is 10.6. The lowest BCUT2D eigenvalue weighted by molar-refractivity contribution is -0.136. The number of amides is 3. The average Bonchev–Trinajstić information content (AvgIpc) is 3.13. The van der Waals surface area contributed by atoms with Crippen molar-refractivity contribution in [3.8, 4) is 11.5 Å². The first kappa shape index (κ1) is 22.8. The molecule has 33 heavy (non-hydrogen) atoms. The molecule has 0 radical (unpaired) electrons. The van der Waals surface area contributed by atoms with Gasteiger partial charge in [-0.15, -0.1) is 0 Å². The van der Waals surface area contributed by atoms with Gasteiger partial charge in [-0.3, -0.25) is 19.7 Å². The molecule has 0 aromatic heterocycles. The predicted octanol–water partition coefficient (Wildman–Crippen LogP) is 1.70. The number of rotatable bonds is 8. The third kappa shape index (κ3) is 4.56. The lowest BCUT2D eigenvalue weighted by Gasteiger charge is -2.29. The highest BCUT2D eigenvalue weighted by atomic mass is 32.2. The maximum Gasteiger partial charge on any atom is 0.255 e. The number of imide groups is 1. The highest BCUT2D eigenvalue weighted by Crippen LogP contribution is 2.33. The Morgan fingerprint density at radius 3 is 2.58 bits per heavy atom. The van der Waals surface area contributed by atoms with Gasteiger partial charge in [0.2, 0.25) is 11.8 Å². The molecule has 10 heteroatoms. The van der Waals surface area contributed by atoms with Crippen molar-refractivity contribution in [3.63, 3.8) is 0 Å². The molecule has 2 aliphatic heterocycles. The van der Waals surface area contributed by atoms with Gasteiger partial charge in [0.05, 0.1) is 26.0 Å². The minimum atomic E-state index is -3.55. The summed E-state index contributed by atoms with van der Waals surface area (Å²) < 4.78 is 36.3. The van der Waals surface area contributed by atoms with Gasteiger partial charge in [-0.05, 0) is 37.1 Å². The fourth-order valence-electron chi connectivity index (χ4n) is 4.11. The maximum atomic E-state index is 12.9. The van der Waals surface area contributed by atoms with Gasteiger partial charge >= 0.3 is 0 Å². The number of methoxy groups -OCH3 is 1. The summed E-state index contributed by atoms with van der Waals surface area (Å²) in [5.74, 6) is -0.451. The molecule has 2 aromatic carbocycles. The van der Waals surface area contributed by atoms with Crippen LogP contribution in [0.4, 0.5) is 0 Å². The lowest BCUT2D eigenvalue weighted by Crippen LogP contribution is -2.52. The average molecular weight is 473 g/mol. The van der Waals surface area contributed by atoms with Crippen molar-refractivity contribution in [2.24, 2.45) is 0 Å². The van der Waals surface area contributed by atoms with E-state index in [0.717, 1.165) is 0 Å². The van der Waals surface area contributed by atoms with E-state index < -0.39 is 21.8 Å². The smallest absolute Gasteiger partial charge is 0.255 e. The quantitative estimate of drug-likeness (QED) is 0.459. The monoisotopic (exact) mass is 472 g/mol. The van der Waals surface area contributed by atoms with Crippen LogP contribution >= 0.6 is 0 Å². The van der Waals surface area contributed by atoms with Crippen LogP contribution in [0.5, 0.6) is 11.5 Å². The lowest BCUT2D eigenvalue weighted by atomic mass is 10.0. The minimum Gasteiger partial charge on any atom is -0.495 e. The fourth-order valence-corrected chi connectivity index (χ4v) is 5.57. The molecule has 1 atom stereocenters. The zero-order chi connectivity index (χ0) is 23.6. The summed E-state index contributed by atoms with van der Waals surface area (Å²) in [6.45, 7) is 0.327. The summed E-state index contributed by atoms with van der Waals surface area (Å²) in [6, 6.07) is 10.8. The Morgan fingerprint density at radius 1 is 1.06 bits per heavy atom. The molecular formula is C23H24N2O7S. The molecule has 4 rings (SSSR count). The third-order valence-corrected chi connectivity index (χ3v) is 7.59. The number of benzene rings is 2. The van der Waals surface area contributed by atoms with Crippen LogP contribution in [-0.4, -0.2) is 56.6 Å². The van der Waals surface area contributed by atoms with E-state index in [1.807, 2.05) is 0 Å². The molecule has 0 bridgehead atoms. The standard InChI is InChI=1S/C23H24N2O7S/c1-31-19-7-2-3-9-20(19)33(29,30)13-5-12-32-18-8-4-6-15-16(18)14-25(23(15)28)17-10-11-21(26)24-22(17)27/h2-4,6-9,17H,5,10-14H2,1H3,(H,24,26,27). The van der Waals surface area contributed by atoms with E-state index in [4.69, 9.17) is 9.47 Å². The molecule has 2 aromatic rings.